The van der Waals surface area contributed by atoms with E-state index in [1.807, 2.05) is 18.2 Å². The quantitative estimate of drug-likeness (QED) is 0.835. The van der Waals surface area contributed by atoms with Gasteiger partial charge in [-0.25, -0.2) is 0 Å². The highest BCUT2D eigenvalue weighted by Gasteiger charge is 2.03. The number of benzene rings is 2. The fourth-order valence-electron chi connectivity index (χ4n) is 1.89. The number of halogens is 1. The molecule has 1 N–H and O–H groups in total. The fraction of sp³-hybridized carbons (Fsp3) is 0.200. The predicted molar refractivity (Wildman–Crippen MR) is 72.5 cm³/mol. The Morgan fingerprint density at radius 3 is 2.53 bits per heavy atom. The Morgan fingerprint density at radius 2 is 1.82 bits per heavy atom. The highest BCUT2D eigenvalue weighted by Crippen LogP contribution is 2.29. The van der Waals surface area contributed by atoms with Gasteiger partial charge in [-0.15, -0.1) is 0 Å². The van der Waals surface area contributed by atoms with Crippen molar-refractivity contribution in [3.8, 4) is 16.9 Å². The summed E-state index contributed by atoms with van der Waals surface area (Å²) in [5.74, 6) is 0.130. The van der Waals surface area contributed by atoms with Gasteiger partial charge < -0.3 is 5.11 Å². The van der Waals surface area contributed by atoms with Gasteiger partial charge in [0.2, 0.25) is 0 Å². The minimum absolute atomic E-state index is 0.130. The molecule has 2 aromatic rings. The minimum atomic E-state index is 0.130. The zero-order valence-electron chi connectivity index (χ0n) is 9.78. The molecule has 2 heteroatoms. The van der Waals surface area contributed by atoms with Gasteiger partial charge in [-0.3, -0.25) is 0 Å². The van der Waals surface area contributed by atoms with E-state index in [1.54, 1.807) is 12.1 Å². The maximum atomic E-state index is 9.60. The maximum absolute atomic E-state index is 9.60. The molecule has 0 unspecified atom stereocenters. The van der Waals surface area contributed by atoms with Gasteiger partial charge in [0.1, 0.15) is 5.75 Å². The summed E-state index contributed by atoms with van der Waals surface area (Å²) < 4.78 is 0. The molecule has 0 fully saturated rings. The van der Waals surface area contributed by atoms with Gasteiger partial charge in [0, 0.05) is 0 Å². The molecule has 88 valence electrons. The van der Waals surface area contributed by atoms with Gasteiger partial charge in [0.25, 0.3) is 0 Å². The van der Waals surface area contributed by atoms with Crippen LogP contribution in [-0.2, 0) is 6.42 Å². The SMILES string of the molecule is CCCc1cccc(-c2ccc(Cl)c(O)c2)c1. The van der Waals surface area contributed by atoms with Crippen molar-refractivity contribution >= 4 is 11.6 Å². The van der Waals surface area contributed by atoms with Gasteiger partial charge in [-0.05, 0) is 35.2 Å². The summed E-state index contributed by atoms with van der Waals surface area (Å²) >= 11 is 5.80. The van der Waals surface area contributed by atoms with Crippen molar-refractivity contribution in [2.75, 3.05) is 0 Å². The topological polar surface area (TPSA) is 20.2 Å². The molecule has 0 aliphatic rings. The van der Waals surface area contributed by atoms with Gasteiger partial charge in [0.05, 0.1) is 5.02 Å². The van der Waals surface area contributed by atoms with Crippen LogP contribution >= 0.6 is 11.6 Å². The highest BCUT2D eigenvalue weighted by atomic mass is 35.5. The average Bonchev–Trinajstić information content (AvgIpc) is 2.33. The largest absolute Gasteiger partial charge is 0.506 e. The average molecular weight is 247 g/mol. The third-order valence-electron chi connectivity index (χ3n) is 2.75. The summed E-state index contributed by atoms with van der Waals surface area (Å²) in [5, 5.41) is 9.99. The third-order valence-corrected chi connectivity index (χ3v) is 3.06. The molecule has 0 radical (unpaired) electrons. The van der Waals surface area contributed by atoms with E-state index in [1.165, 1.54) is 5.56 Å². The molecule has 2 rings (SSSR count). The molecule has 0 bridgehead atoms. The first kappa shape index (κ1) is 12.0. The van der Waals surface area contributed by atoms with Crippen LogP contribution in [0.5, 0.6) is 5.75 Å². The summed E-state index contributed by atoms with van der Waals surface area (Å²) in [5.41, 5.74) is 3.42. The Kier molecular flexibility index (Phi) is 3.70. The predicted octanol–water partition coefficient (Wildman–Crippen LogP) is 4.67. The van der Waals surface area contributed by atoms with Crippen molar-refractivity contribution in [3.63, 3.8) is 0 Å². The van der Waals surface area contributed by atoms with E-state index in [0.717, 1.165) is 24.0 Å². The van der Waals surface area contributed by atoms with Crippen LogP contribution in [-0.4, -0.2) is 5.11 Å². The summed E-state index contributed by atoms with van der Waals surface area (Å²) in [4.78, 5) is 0. The number of aromatic hydroxyl groups is 1. The normalized spacial score (nSPS) is 10.5. The molecule has 2 aromatic carbocycles. The third kappa shape index (κ3) is 2.80. The monoisotopic (exact) mass is 246 g/mol. The smallest absolute Gasteiger partial charge is 0.134 e. The first-order valence-corrected chi connectivity index (χ1v) is 6.16. The molecule has 0 atom stereocenters. The Balaban J connectivity index is 2.38. The second-order valence-electron chi connectivity index (χ2n) is 4.12. The highest BCUT2D eigenvalue weighted by molar-refractivity contribution is 6.32. The lowest BCUT2D eigenvalue weighted by Crippen LogP contribution is -1.84. The van der Waals surface area contributed by atoms with E-state index in [4.69, 9.17) is 11.6 Å². The lowest BCUT2D eigenvalue weighted by atomic mass is 10.0. The number of phenols is 1. The zero-order chi connectivity index (χ0) is 12.3. The van der Waals surface area contributed by atoms with Crippen molar-refractivity contribution in [2.24, 2.45) is 0 Å². The van der Waals surface area contributed by atoms with E-state index in [-0.39, 0.29) is 5.75 Å². The molecule has 0 amide bonds. The summed E-state index contributed by atoms with van der Waals surface area (Å²) in [7, 11) is 0. The van der Waals surface area contributed by atoms with Gasteiger partial charge in [-0.2, -0.15) is 0 Å². The van der Waals surface area contributed by atoms with Crippen LogP contribution in [0, 0.1) is 0 Å². The molecule has 17 heavy (non-hydrogen) atoms. The molecule has 0 aliphatic carbocycles. The van der Waals surface area contributed by atoms with Crippen LogP contribution in [0.15, 0.2) is 42.5 Å². The van der Waals surface area contributed by atoms with Crippen LogP contribution in [0.2, 0.25) is 5.02 Å². The number of rotatable bonds is 3. The zero-order valence-corrected chi connectivity index (χ0v) is 10.5. The number of aryl methyl sites for hydroxylation is 1. The van der Waals surface area contributed by atoms with Crippen LogP contribution in [0.4, 0.5) is 0 Å². The number of phenolic OH excluding ortho intramolecular Hbond substituents is 1. The van der Waals surface area contributed by atoms with E-state index in [9.17, 15) is 5.11 Å². The second-order valence-corrected chi connectivity index (χ2v) is 4.52. The van der Waals surface area contributed by atoms with Gasteiger partial charge in [-0.1, -0.05) is 55.3 Å². The van der Waals surface area contributed by atoms with Crippen molar-refractivity contribution < 1.29 is 5.11 Å². The lowest BCUT2D eigenvalue weighted by Gasteiger charge is -2.06. The van der Waals surface area contributed by atoms with Crippen LogP contribution in [0.25, 0.3) is 11.1 Å². The van der Waals surface area contributed by atoms with E-state index in [2.05, 4.69) is 19.1 Å². The van der Waals surface area contributed by atoms with Crippen LogP contribution in [0.1, 0.15) is 18.9 Å². The summed E-state index contributed by atoms with van der Waals surface area (Å²) in [6.45, 7) is 2.17. The lowest BCUT2D eigenvalue weighted by molar-refractivity contribution is 0.476. The Bertz CT molecular complexity index is 520. The Hall–Kier alpha value is -1.47. The van der Waals surface area contributed by atoms with Crippen LogP contribution < -0.4 is 0 Å². The first-order valence-electron chi connectivity index (χ1n) is 5.78. The molecular weight excluding hydrogens is 232 g/mol. The minimum Gasteiger partial charge on any atom is -0.506 e. The van der Waals surface area contributed by atoms with Crippen LogP contribution in [0.3, 0.4) is 0 Å². The molecule has 0 aromatic heterocycles. The van der Waals surface area contributed by atoms with Gasteiger partial charge >= 0.3 is 0 Å². The van der Waals surface area contributed by atoms with E-state index >= 15 is 0 Å². The molecule has 0 aliphatic heterocycles. The van der Waals surface area contributed by atoms with Crippen molar-refractivity contribution in [2.45, 2.75) is 19.8 Å². The Morgan fingerprint density at radius 1 is 1.06 bits per heavy atom. The molecule has 0 heterocycles. The van der Waals surface area contributed by atoms with Gasteiger partial charge in [0.15, 0.2) is 0 Å². The standard InChI is InChI=1S/C15H15ClO/c1-2-4-11-5-3-6-12(9-11)13-7-8-14(16)15(17)10-13/h3,5-10,17H,2,4H2,1H3. The van der Waals surface area contributed by atoms with E-state index < -0.39 is 0 Å². The van der Waals surface area contributed by atoms with Crippen molar-refractivity contribution in [1.82, 2.24) is 0 Å². The molecular formula is C15H15ClO. The van der Waals surface area contributed by atoms with E-state index in [0.29, 0.717) is 5.02 Å². The molecule has 0 saturated heterocycles. The second kappa shape index (κ2) is 5.24. The first-order chi connectivity index (χ1) is 8.20. The number of hydrogen-bond acceptors (Lipinski definition) is 1. The maximum Gasteiger partial charge on any atom is 0.134 e. The van der Waals surface area contributed by atoms with Crippen molar-refractivity contribution in [1.29, 1.82) is 0 Å². The molecule has 0 spiro atoms. The number of hydrogen-bond donors (Lipinski definition) is 1. The van der Waals surface area contributed by atoms with Crippen molar-refractivity contribution in [3.05, 3.63) is 53.1 Å². The summed E-state index contributed by atoms with van der Waals surface area (Å²) in [6, 6.07) is 13.7. The molecule has 0 saturated carbocycles. The summed E-state index contributed by atoms with van der Waals surface area (Å²) in [6.07, 6.45) is 2.21. The fourth-order valence-corrected chi connectivity index (χ4v) is 2.00. The molecule has 1 nitrogen and oxygen atoms in total. The Labute approximate surface area is 107 Å².